The number of nitro groups is 1. The number of hydrogen-bond acceptors (Lipinski definition) is 5. The van der Waals surface area contributed by atoms with Crippen molar-refractivity contribution in [3.63, 3.8) is 0 Å². The third-order valence-corrected chi connectivity index (χ3v) is 3.59. The Bertz CT molecular complexity index is 758. The van der Waals surface area contributed by atoms with Gasteiger partial charge in [-0.1, -0.05) is 24.3 Å². The van der Waals surface area contributed by atoms with Crippen LogP contribution in [-0.4, -0.2) is 26.3 Å². The summed E-state index contributed by atoms with van der Waals surface area (Å²) in [5.41, 5.74) is 2.29. The van der Waals surface area contributed by atoms with Crippen LogP contribution in [0.25, 0.3) is 12.2 Å². The number of benzene rings is 2. The van der Waals surface area contributed by atoms with Crippen LogP contribution in [0.5, 0.6) is 17.2 Å². The van der Waals surface area contributed by atoms with E-state index in [1.165, 1.54) is 0 Å². The van der Waals surface area contributed by atoms with Gasteiger partial charge in [-0.2, -0.15) is 0 Å². The van der Waals surface area contributed by atoms with Crippen molar-refractivity contribution < 1.29 is 19.1 Å². The smallest absolute Gasteiger partial charge is 0.272 e. The van der Waals surface area contributed by atoms with Crippen LogP contribution in [0.15, 0.2) is 30.3 Å². The lowest BCUT2D eigenvalue weighted by atomic mass is 10.1. The molecular formula is C18H19NO5. The molecule has 2 aromatic rings. The Morgan fingerprint density at radius 3 is 2.00 bits per heavy atom. The zero-order valence-corrected chi connectivity index (χ0v) is 14.0. The number of ether oxygens (including phenoxy) is 3. The molecule has 0 aromatic heterocycles. The van der Waals surface area contributed by atoms with E-state index in [1.54, 1.807) is 58.6 Å². The summed E-state index contributed by atoms with van der Waals surface area (Å²) < 4.78 is 15.9. The Hall–Kier alpha value is -3.02. The number of nitrogens with zero attached hydrogens (tertiary/aromatic N) is 1. The average Bonchev–Trinajstić information content (AvgIpc) is 2.59. The molecule has 126 valence electrons. The Balaban J connectivity index is 2.39. The number of aryl methyl sites for hydroxylation is 1. The molecule has 6 nitrogen and oxygen atoms in total. The maximum Gasteiger partial charge on any atom is 0.272 e. The van der Waals surface area contributed by atoms with Crippen LogP contribution in [0, 0.1) is 17.0 Å². The van der Waals surface area contributed by atoms with Crippen molar-refractivity contribution in [1.82, 2.24) is 0 Å². The van der Waals surface area contributed by atoms with Gasteiger partial charge < -0.3 is 14.2 Å². The van der Waals surface area contributed by atoms with Gasteiger partial charge in [0.1, 0.15) is 0 Å². The molecule has 0 spiro atoms. The van der Waals surface area contributed by atoms with E-state index in [0.717, 1.165) is 11.1 Å². The maximum atomic E-state index is 11.0. The molecule has 6 heteroatoms. The van der Waals surface area contributed by atoms with E-state index in [-0.39, 0.29) is 10.6 Å². The summed E-state index contributed by atoms with van der Waals surface area (Å²) in [5, 5.41) is 11.0. The molecule has 0 atom stereocenters. The van der Waals surface area contributed by atoms with Crippen LogP contribution in [0.4, 0.5) is 5.69 Å². The molecule has 0 radical (unpaired) electrons. The first kappa shape index (κ1) is 17.3. The Morgan fingerprint density at radius 1 is 0.917 bits per heavy atom. The number of hydrogen-bond donors (Lipinski definition) is 0. The molecule has 0 aliphatic heterocycles. The zero-order valence-electron chi connectivity index (χ0n) is 14.0. The van der Waals surface area contributed by atoms with Crippen LogP contribution >= 0.6 is 0 Å². The van der Waals surface area contributed by atoms with E-state index in [9.17, 15) is 10.1 Å². The van der Waals surface area contributed by atoms with Crippen molar-refractivity contribution in [2.75, 3.05) is 21.3 Å². The van der Waals surface area contributed by atoms with Crippen molar-refractivity contribution in [2.45, 2.75) is 6.92 Å². The van der Waals surface area contributed by atoms with Crippen LogP contribution in [0.3, 0.4) is 0 Å². The molecule has 2 aromatic carbocycles. The Kier molecular flexibility index (Phi) is 5.42. The predicted octanol–water partition coefficient (Wildman–Crippen LogP) is 4.10. The van der Waals surface area contributed by atoms with Crippen LogP contribution < -0.4 is 14.2 Å². The summed E-state index contributed by atoms with van der Waals surface area (Å²) in [5.74, 6) is 1.61. The van der Waals surface area contributed by atoms with Gasteiger partial charge in [-0.25, -0.2) is 0 Å². The van der Waals surface area contributed by atoms with E-state index in [4.69, 9.17) is 14.2 Å². The third-order valence-electron chi connectivity index (χ3n) is 3.59. The first-order valence-electron chi connectivity index (χ1n) is 7.23. The SMILES string of the molecule is COc1cc(/C=C/c2ccc(C)c([N+](=O)[O-])c2)cc(OC)c1OC. The van der Waals surface area contributed by atoms with Gasteiger partial charge in [-0.3, -0.25) is 10.1 Å². The first-order valence-corrected chi connectivity index (χ1v) is 7.23. The fourth-order valence-corrected chi connectivity index (χ4v) is 2.32. The Labute approximate surface area is 140 Å². The molecule has 0 saturated heterocycles. The van der Waals surface area contributed by atoms with Gasteiger partial charge in [-0.05, 0) is 30.2 Å². The van der Waals surface area contributed by atoms with E-state index in [0.29, 0.717) is 22.8 Å². The number of nitro benzene ring substituents is 1. The molecular weight excluding hydrogens is 310 g/mol. The fourth-order valence-electron chi connectivity index (χ4n) is 2.32. The summed E-state index contributed by atoms with van der Waals surface area (Å²) in [4.78, 5) is 10.6. The van der Waals surface area contributed by atoms with E-state index in [1.807, 2.05) is 12.1 Å². The number of methoxy groups -OCH3 is 3. The fraction of sp³-hybridized carbons (Fsp3) is 0.222. The lowest BCUT2D eigenvalue weighted by Gasteiger charge is -2.12. The van der Waals surface area contributed by atoms with Crippen LogP contribution in [-0.2, 0) is 0 Å². The molecule has 0 unspecified atom stereocenters. The highest BCUT2D eigenvalue weighted by Crippen LogP contribution is 2.38. The highest BCUT2D eigenvalue weighted by Gasteiger charge is 2.12. The summed E-state index contributed by atoms with van der Waals surface area (Å²) in [6.07, 6.45) is 3.63. The molecule has 0 heterocycles. The molecule has 0 aliphatic rings. The third kappa shape index (κ3) is 3.65. The van der Waals surface area contributed by atoms with Crippen molar-refractivity contribution in [2.24, 2.45) is 0 Å². The van der Waals surface area contributed by atoms with Crippen LogP contribution in [0.1, 0.15) is 16.7 Å². The van der Waals surface area contributed by atoms with Crippen molar-refractivity contribution in [3.05, 3.63) is 57.1 Å². The van der Waals surface area contributed by atoms with Gasteiger partial charge in [-0.15, -0.1) is 0 Å². The van der Waals surface area contributed by atoms with Gasteiger partial charge in [0, 0.05) is 11.6 Å². The maximum absolute atomic E-state index is 11.0. The monoisotopic (exact) mass is 329 g/mol. The molecule has 0 N–H and O–H groups in total. The topological polar surface area (TPSA) is 70.8 Å². The normalized spacial score (nSPS) is 10.7. The number of rotatable bonds is 6. The van der Waals surface area contributed by atoms with E-state index >= 15 is 0 Å². The van der Waals surface area contributed by atoms with Gasteiger partial charge in [0.2, 0.25) is 5.75 Å². The standard InChI is InChI=1S/C18H19NO5/c1-12-5-6-13(9-15(12)19(20)21)7-8-14-10-16(22-2)18(24-4)17(11-14)23-3/h5-11H,1-4H3/b8-7+. The molecule has 0 amide bonds. The Morgan fingerprint density at radius 2 is 1.50 bits per heavy atom. The van der Waals surface area contributed by atoms with Gasteiger partial charge >= 0.3 is 0 Å². The molecule has 0 saturated carbocycles. The second-order valence-corrected chi connectivity index (χ2v) is 5.10. The second-order valence-electron chi connectivity index (χ2n) is 5.10. The van der Waals surface area contributed by atoms with Crippen LogP contribution in [0.2, 0.25) is 0 Å². The minimum absolute atomic E-state index is 0.0991. The summed E-state index contributed by atoms with van der Waals surface area (Å²) in [6.45, 7) is 1.71. The molecule has 24 heavy (non-hydrogen) atoms. The summed E-state index contributed by atoms with van der Waals surface area (Å²) >= 11 is 0. The van der Waals surface area contributed by atoms with E-state index in [2.05, 4.69) is 0 Å². The second kappa shape index (κ2) is 7.50. The van der Waals surface area contributed by atoms with Gasteiger partial charge in [0.15, 0.2) is 11.5 Å². The first-order chi connectivity index (χ1) is 11.5. The summed E-state index contributed by atoms with van der Waals surface area (Å²) in [7, 11) is 4.64. The van der Waals surface area contributed by atoms with Gasteiger partial charge in [0.05, 0.1) is 26.3 Å². The molecule has 0 fully saturated rings. The summed E-state index contributed by atoms with van der Waals surface area (Å²) in [6, 6.07) is 8.72. The van der Waals surface area contributed by atoms with Crippen molar-refractivity contribution in [3.8, 4) is 17.2 Å². The molecule has 2 rings (SSSR count). The van der Waals surface area contributed by atoms with E-state index < -0.39 is 0 Å². The van der Waals surface area contributed by atoms with Crippen molar-refractivity contribution in [1.29, 1.82) is 0 Å². The lowest BCUT2D eigenvalue weighted by molar-refractivity contribution is -0.385. The highest BCUT2D eigenvalue weighted by molar-refractivity contribution is 5.73. The quantitative estimate of drug-likeness (QED) is 0.453. The molecule has 0 aliphatic carbocycles. The highest BCUT2D eigenvalue weighted by atomic mass is 16.6. The zero-order chi connectivity index (χ0) is 17.7. The van der Waals surface area contributed by atoms with Gasteiger partial charge in [0.25, 0.3) is 5.69 Å². The molecule has 0 bridgehead atoms. The minimum atomic E-state index is -0.383. The lowest BCUT2D eigenvalue weighted by Crippen LogP contribution is -1.95. The average molecular weight is 329 g/mol. The minimum Gasteiger partial charge on any atom is -0.493 e. The predicted molar refractivity (Wildman–Crippen MR) is 92.9 cm³/mol. The largest absolute Gasteiger partial charge is 0.493 e. The van der Waals surface area contributed by atoms with Crippen molar-refractivity contribution >= 4 is 17.8 Å².